The number of guanidine groups is 1. The number of anilines is 1. The number of aliphatic imine (C=N–C) groups is 1. The lowest BCUT2D eigenvalue weighted by Crippen LogP contribution is -2.54. The number of nitrogens with one attached hydrogen (secondary N) is 2. The number of amides is 1. The van der Waals surface area contributed by atoms with E-state index >= 15 is 0 Å². The number of nitrogens with zero attached hydrogens (tertiary/aromatic N) is 3. The third-order valence-corrected chi connectivity index (χ3v) is 4.23. The maximum absolute atomic E-state index is 12.0. The van der Waals surface area contributed by atoms with Crippen molar-refractivity contribution in [3.8, 4) is 0 Å². The van der Waals surface area contributed by atoms with Gasteiger partial charge in [0.15, 0.2) is 5.96 Å². The molecular weight excluding hydrogens is 465 g/mol. The number of rotatable bonds is 3. The molecule has 0 unspecified atom stereocenters. The molecule has 26 heavy (non-hydrogen) atoms. The zero-order chi connectivity index (χ0) is 18.4. The third kappa shape index (κ3) is 6.83. The summed E-state index contributed by atoms with van der Waals surface area (Å²) >= 11 is 6.29. The molecule has 1 fully saturated rings. The highest BCUT2D eigenvalue weighted by molar-refractivity contribution is 14.0. The molecule has 2 rings (SSSR count). The van der Waals surface area contributed by atoms with Crippen molar-refractivity contribution < 1.29 is 4.79 Å². The average molecular weight is 494 g/mol. The van der Waals surface area contributed by atoms with E-state index in [0.717, 1.165) is 42.8 Å². The van der Waals surface area contributed by atoms with Crippen LogP contribution >= 0.6 is 35.6 Å². The van der Waals surface area contributed by atoms with Crippen molar-refractivity contribution >= 4 is 53.1 Å². The Balaban J connectivity index is 0.00000338. The number of hydrogen-bond acceptors (Lipinski definition) is 3. The average Bonchev–Trinajstić information content (AvgIpc) is 2.55. The molecule has 6 nitrogen and oxygen atoms in total. The van der Waals surface area contributed by atoms with Crippen LogP contribution in [0.15, 0.2) is 29.3 Å². The van der Waals surface area contributed by atoms with Gasteiger partial charge in [0.05, 0.1) is 17.3 Å². The second-order valence-corrected chi connectivity index (χ2v) is 7.53. The lowest BCUT2D eigenvalue weighted by atomic mass is 10.1. The minimum atomic E-state index is -0.233. The molecule has 1 aliphatic heterocycles. The zero-order valence-corrected chi connectivity index (χ0v) is 19.0. The normalized spacial score (nSPS) is 15.3. The molecular formula is C18H29ClIN5O. The van der Waals surface area contributed by atoms with Crippen molar-refractivity contribution in [3.63, 3.8) is 0 Å². The number of halogens is 2. The van der Waals surface area contributed by atoms with E-state index in [4.69, 9.17) is 11.6 Å². The van der Waals surface area contributed by atoms with E-state index in [0.29, 0.717) is 0 Å². The van der Waals surface area contributed by atoms with Gasteiger partial charge in [0.25, 0.3) is 0 Å². The van der Waals surface area contributed by atoms with Crippen molar-refractivity contribution in [1.29, 1.82) is 0 Å². The molecule has 2 N–H and O–H groups in total. The molecule has 0 aliphatic carbocycles. The molecule has 0 saturated carbocycles. The van der Waals surface area contributed by atoms with Crippen molar-refractivity contribution in [2.24, 2.45) is 4.99 Å². The van der Waals surface area contributed by atoms with Gasteiger partial charge in [-0.15, -0.1) is 24.0 Å². The Morgan fingerprint density at radius 3 is 2.35 bits per heavy atom. The highest BCUT2D eigenvalue weighted by Crippen LogP contribution is 2.25. The SMILES string of the molecule is CN=C(NCC(=O)NC(C)(C)C)N1CCN(c2ccccc2Cl)CC1.I. The van der Waals surface area contributed by atoms with Gasteiger partial charge in [-0.3, -0.25) is 9.79 Å². The summed E-state index contributed by atoms with van der Waals surface area (Å²) < 4.78 is 0. The van der Waals surface area contributed by atoms with Crippen molar-refractivity contribution in [1.82, 2.24) is 15.5 Å². The minimum Gasteiger partial charge on any atom is -0.367 e. The van der Waals surface area contributed by atoms with Gasteiger partial charge in [0.1, 0.15) is 0 Å². The highest BCUT2D eigenvalue weighted by Gasteiger charge is 2.21. The molecule has 0 radical (unpaired) electrons. The van der Waals surface area contributed by atoms with Gasteiger partial charge in [-0.25, -0.2) is 0 Å². The molecule has 1 aromatic rings. The van der Waals surface area contributed by atoms with E-state index in [1.54, 1.807) is 7.05 Å². The number of para-hydroxylation sites is 1. The summed E-state index contributed by atoms with van der Waals surface area (Å²) in [6.45, 7) is 9.48. The van der Waals surface area contributed by atoms with Gasteiger partial charge in [-0.05, 0) is 32.9 Å². The minimum absolute atomic E-state index is 0. The lowest BCUT2D eigenvalue weighted by Gasteiger charge is -2.38. The molecule has 0 atom stereocenters. The molecule has 1 aliphatic rings. The van der Waals surface area contributed by atoms with Crippen LogP contribution in [0.3, 0.4) is 0 Å². The first-order valence-electron chi connectivity index (χ1n) is 8.56. The van der Waals surface area contributed by atoms with Crippen LogP contribution in [0.1, 0.15) is 20.8 Å². The van der Waals surface area contributed by atoms with Crippen LogP contribution in [0.2, 0.25) is 5.02 Å². The molecule has 0 aromatic heterocycles. The number of hydrogen-bond donors (Lipinski definition) is 2. The topological polar surface area (TPSA) is 60.0 Å². The third-order valence-electron chi connectivity index (χ3n) is 3.91. The lowest BCUT2D eigenvalue weighted by molar-refractivity contribution is -0.121. The number of carbonyl (C=O) groups is 1. The summed E-state index contributed by atoms with van der Waals surface area (Å²) in [6, 6.07) is 7.90. The highest BCUT2D eigenvalue weighted by atomic mass is 127. The zero-order valence-electron chi connectivity index (χ0n) is 15.9. The maximum Gasteiger partial charge on any atom is 0.239 e. The number of benzene rings is 1. The number of carbonyl (C=O) groups excluding carboxylic acids is 1. The van der Waals surface area contributed by atoms with E-state index < -0.39 is 0 Å². The molecule has 1 amide bonds. The van der Waals surface area contributed by atoms with Crippen LogP contribution in [0.5, 0.6) is 0 Å². The van der Waals surface area contributed by atoms with E-state index in [-0.39, 0.29) is 42.0 Å². The second kappa shape index (κ2) is 10.2. The molecule has 1 saturated heterocycles. The van der Waals surface area contributed by atoms with Crippen LogP contribution in [-0.2, 0) is 4.79 Å². The second-order valence-electron chi connectivity index (χ2n) is 7.12. The largest absolute Gasteiger partial charge is 0.367 e. The van der Waals surface area contributed by atoms with Crippen molar-refractivity contribution in [3.05, 3.63) is 29.3 Å². The van der Waals surface area contributed by atoms with Crippen LogP contribution in [-0.4, -0.2) is 62.1 Å². The fourth-order valence-electron chi connectivity index (χ4n) is 2.82. The van der Waals surface area contributed by atoms with E-state index in [9.17, 15) is 4.79 Å². The van der Waals surface area contributed by atoms with Crippen LogP contribution < -0.4 is 15.5 Å². The van der Waals surface area contributed by atoms with E-state index in [1.165, 1.54) is 0 Å². The monoisotopic (exact) mass is 493 g/mol. The van der Waals surface area contributed by atoms with E-state index in [1.807, 2.05) is 45.0 Å². The number of piperazine rings is 1. The van der Waals surface area contributed by atoms with Gasteiger partial charge in [-0.2, -0.15) is 0 Å². The van der Waals surface area contributed by atoms with Gasteiger partial charge >= 0.3 is 0 Å². The molecule has 8 heteroatoms. The molecule has 146 valence electrons. The van der Waals surface area contributed by atoms with Crippen molar-refractivity contribution in [2.75, 3.05) is 44.7 Å². The Morgan fingerprint density at radius 2 is 1.81 bits per heavy atom. The molecule has 0 spiro atoms. The Bertz CT molecular complexity index is 624. The van der Waals surface area contributed by atoms with Crippen LogP contribution in [0.25, 0.3) is 0 Å². The molecule has 1 heterocycles. The van der Waals surface area contributed by atoms with Gasteiger partial charge in [0, 0.05) is 38.8 Å². The summed E-state index contributed by atoms with van der Waals surface area (Å²) in [5.41, 5.74) is 0.833. The Hall–Kier alpha value is -1.22. The van der Waals surface area contributed by atoms with Crippen molar-refractivity contribution in [2.45, 2.75) is 26.3 Å². The molecule has 1 aromatic carbocycles. The quantitative estimate of drug-likeness (QED) is 0.386. The summed E-state index contributed by atoms with van der Waals surface area (Å²) in [5, 5.41) is 6.86. The first kappa shape index (κ1) is 22.8. The summed E-state index contributed by atoms with van der Waals surface area (Å²) in [6.07, 6.45) is 0. The van der Waals surface area contributed by atoms with Gasteiger partial charge in [0.2, 0.25) is 5.91 Å². The van der Waals surface area contributed by atoms with E-state index in [2.05, 4.69) is 25.4 Å². The molecule has 0 bridgehead atoms. The summed E-state index contributed by atoms with van der Waals surface area (Å²) in [7, 11) is 1.74. The Kier molecular flexibility index (Phi) is 8.95. The first-order valence-corrected chi connectivity index (χ1v) is 8.94. The van der Waals surface area contributed by atoms with Gasteiger partial charge < -0.3 is 20.4 Å². The first-order chi connectivity index (χ1) is 11.8. The Morgan fingerprint density at radius 1 is 1.19 bits per heavy atom. The van der Waals surface area contributed by atoms with Crippen LogP contribution in [0.4, 0.5) is 5.69 Å². The summed E-state index contributed by atoms with van der Waals surface area (Å²) in [4.78, 5) is 20.7. The predicted octanol–water partition coefficient (Wildman–Crippen LogP) is 2.57. The fourth-order valence-corrected chi connectivity index (χ4v) is 3.08. The van der Waals surface area contributed by atoms with Crippen LogP contribution in [0, 0.1) is 0 Å². The maximum atomic E-state index is 12.0. The summed E-state index contributed by atoms with van der Waals surface area (Å²) in [5.74, 6) is 0.714. The smallest absolute Gasteiger partial charge is 0.239 e. The standard InChI is InChI=1S/C18H28ClN5O.HI/c1-18(2,3)22-16(25)13-21-17(20-4)24-11-9-23(10-12-24)15-8-6-5-7-14(15)19;/h5-8H,9-13H2,1-4H3,(H,20,21)(H,22,25);1H. The predicted molar refractivity (Wildman–Crippen MR) is 120 cm³/mol. The van der Waals surface area contributed by atoms with Gasteiger partial charge in [-0.1, -0.05) is 23.7 Å². The fraction of sp³-hybridized carbons (Fsp3) is 0.556. The Labute approximate surface area is 178 Å².